The van der Waals surface area contributed by atoms with Crippen molar-refractivity contribution in [2.24, 2.45) is 29.1 Å². The van der Waals surface area contributed by atoms with E-state index in [4.69, 9.17) is 4.74 Å². The molecule has 3 rings (SSSR count). The Bertz CT molecular complexity index is 340. The van der Waals surface area contributed by atoms with Gasteiger partial charge in [-0.05, 0) is 42.9 Å². The van der Waals surface area contributed by atoms with Crippen molar-refractivity contribution >= 4 is 5.97 Å². The third-order valence-corrected chi connectivity index (χ3v) is 5.65. The molecular formula is C14H22O3. The Hall–Kier alpha value is -0.570. The van der Waals surface area contributed by atoms with Crippen molar-refractivity contribution in [2.75, 3.05) is 6.61 Å². The monoisotopic (exact) mass is 238 g/mol. The summed E-state index contributed by atoms with van der Waals surface area (Å²) in [5, 5.41) is 9.69. The zero-order valence-corrected chi connectivity index (χ0v) is 10.7. The molecule has 6 atom stereocenters. The van der Waals surface area contributed by atoms with Crippen molar-refractivity contribution < 1.29 is 14.6 Å². The Balaban J connectivity index is 1.96. The lowest BCUT2D eigenvalue weighted by molar-refractivity contribution is -0.145. The van der Waals surface area contributed by atoms with Crippen LogP contribution < -0.4 is 0 Å². The van der Waals surface area contributed by atoms with Gasteiger partial charge in [0.05, 0.1) is 5.92 Å². The molecule has 3 aliphatic rings. The van der Waals surface area contributed by atoms with Crippen LogP contribution in [0.1, 0.15) is 39.5 Å². The van der Waals surface area contributed by atoms with Gasteiger partial charge in [-0.3, -0.25) is 4.79 Å². The topological polar surface area (TPSA) is 46.5 Å². The van der Waals surface area contributed by atoms with Crippen molar-refractivity contribution in [3.05, 3.63) is 0 Å². The lowest BCUT2D eigenvalue weighted by atomic mass is 9.53. The molecule has 3 heteroatoms. The third-order valence-electron chi connectivity index (χ3n) is 5.65. The molecule has 1 aliphatic heterocycles. The standard InChI is InChI=1S/C14H22O3/c1-8-3-4-9-12-10(17-13(16)11(8)12)5-6-14(9,2)7-15/h8-12,15H,3-7H2,1-2H3/t8-,9+,10+,11-,12-,14-/m0/s1. The van der Waals surface area contributed by atoms with E-state index in [1.54, 1.807) is 0 Å². The highest BCUT2D eigenvalue weighted by atomic mass is 16.6. The number of hydrogen-bond donors (Lipinski definition) is 1. The van der Waals surface area contributed by atoms with Crippen LogP contribution in [-0.2, 0) is 9.53 Å². The highest BCUT2D eigenvalue weighted by Gasteiger charge is 2.59. The maximum Gasteiger partial charge on any atom is 0.309 e. The van der Waals surface area contributed by atoms with Gasteiger partial charge in [0.1, 0.15) is 6.10 Å². The van der Waals surface area contributed by atoms with Crippen molar-refractivity contribution in [1.82, 2.24) is 0 Å². The first-order valence-corrected chi connectivity index (χ1v) is 6.88. The molecule has 0 aromatic carbocycles. The van der Waals surface area contributed by atoms with Gasteiger partial charge >= 0.3 is 5.97 Å². The van der Waals surface area contributed by atoms with E-state index in [1.165, 1.54) is 0 Å². The Morgan fingerprint density at radius 3 is 2.88 bits per heavy atom. The number of ether oxygens (including phenoxy) is 1. The highest BCUT2D eigenvalue weighted by Crippen LogP contribution is 2.57. The molecule has 2 saturated carbocycles. The summed E-state index contributed by atoms with van der Waals surface area (Å²) in [6.07, 6.45) is 4.31. The average Bonchev–Trinajstić information content (AvgIpc) is 2.65. The van der Waals surface area contributed by atoms with Gasteiger partial charge in [0.25, 0.3) is 0 Å². The van der Waals surface area contributed by atoms with E-state index in [2.05, 4.69) is 13.8 Å². The molecule has 0 amide bonds. The first-order valence-electron chi connectivity index (χ1n) is 6.88. The minimum atomic E-state index is 0.00748. The van der Waals surface area contributed by atoms with Gasteiger partial charge in [0.15, 0.2) is 0 Å². The number of aliphatic hydroxyl groups is 1. The van der Waals surface area contributed by atoms with E-state index in [0.717, 1.165) is 25.7 Å². The first kappa shape index (κ1) is 11.5. The van der Waals surface area contributed by atoms with Crippen LogP contribution in [0.5, 0.6) is 0 Å². The summed E-state index contributed by atoms with van der Waals surface area (Å²) >= 11 is 0. The van der Waals surface area contributed by atoms with E-state index in [9.17, 15) is 9.90 Å². The number of carbonyl (C=O) groups excluding carboxylic acids is 1. The van der Waals surface area contributed by atoms with Crippen LogP contribution in [0.4, 0.5) is 0 Å². The minimum Gasteiger partial charge on any atom is -0.462 e. The fourth-order valence-corrected chi connectivity index (χ4v) is 4.55. The van der Waals surface area contributed by atoms with Crippen molar-refractivity contribution in [2.45, 2.75) is 45.6 Å². The molecule has 96 valence electrons. The Morgan fingerprint density at radius 2 is 2.18 bits per heavy atom. The fraction of sp³-hybridized carbons (Fsp3) is 0.929. The Labute approximate surface area is 103 Å². The minimum absolute atomic E-state index is 0.00748. The maximum absolute atomic E-state index is 12.0. The molecule has 0 unspecified atom stereocenters. The van der Waals surface area contributed by atoms with Crippen LogP contribution in [0, 0.1) is 29.1 Å². The van der Waals surface area contributed by atoms with Gasteiger partial charge in [0, 0.05) is 12.5 Å². The molecule has 17 heavy (non-hydrogen) atoms. The molecule has 0 aromatic rings. The predicted molar refractivity (Wildman–Crippen MR) is 63.2 cm³/mol. The molecule has 2 aliphatic carbocycles. The zero-order valence-electron chi connectivity index (χ0n) is 10.7. The van der Waals surface area contributed by atoms with Crippen LogP contribution in [0.25, 0.3) is 0 Å². The van der Waals surface area contributed by atoms with Gasteiger partial charge in [0.2, 0.25) is 0 Å². The molecule has 3 nitrogen and oxygen atoms in total. The quantitative estimate of drug-likeness (QED) is 0.711. The predicted octanol–water partition coefficient (Wildman–Crippen LogP) is 1.98. The normalized spacial score (nSPS) is 53.1. The van der Waals surface area contributed by atoms with Gasteiger partial charge < -0.3 is 9.84 Å². The third kappa shape index (κ3) is 1.48. The van der Waals surface area contributed by atoms with Crippen LogP contribution >= 0.6 is 0 Å². The van der Waals surface area contributed by atoms with Gasteiger partial charge in [-0.2, -0.15) is 0 Å². The number of carbonyl (C=O) groups is 1. The van der Waals surface area contributed by atoms with Crippen LogP contribution in [0.3, 0.4) is 0 Å². The van der Waals surface area contributed by atoms with E-state index in [0.29, 0.717) is 17.8 Å². The molecular weight excluding hydrogens is 216 g/mol. The smallest absolute Gasteiger partial charge is 0.309 e. The van der Waals surface area contributed by atoms with Gasteiger partial charge in [-0.15, -0.1) is 0 Å². The SMILES string of the molecule is C[C@H]1CC[C@@H]2[C@@H]3[C@H]1C(=O)O[C@@H]3CC[C@@]2(C)CO. The number of esters is 1. The summed E-state index contributed by atoms with van der Waals surface area (Å²) in [5.41, 5.74) is 0.00748. The highest BCUT2D eigenvalue weighted by molar-refractivity contribution is 5.76. The molecule has 0 radical (unpaired) electrons. The van der Waals surface area contributed by atoms with Crippen LogP contribution in [0.2, 0.25) is 0 Å². The Kier molecular flexibility index (Phi) is 2.51. The number of aliphatic hydroxyl groups excluding tert-OH is 1. The van der Waals surface area contributed by atoms with Gasteiger partial charge in [-0.1, -0.05) is 13.8 Å². The molecule has 0 spiro atoms. The maximum atomic E-state index is 12.0. The fourth-order valence-electron chi connectivity index (χ4n) is 4.55. The molecule has 0 aromatic heterocycles. The van der Waals surface area contributed by atoms with E-state index >= 15 is 0 Å². The summed E-state index contributed by atoms with van der Waals surface area (Å²) in [4.78, 5) is 12.0. The summed E-state index contributed by atoms with van der Waals surface area (Å²) in [5.74, 6) is 1.43. The lowest BCUT2D eigenvalue weighted by Crippen LogP contribution is -2.49. The first-order chi connectivity index (χ1) is 8.07. The summed E-state index contributed by atoms with van der Waals surface area (Å²) in [6, 6.07) is 0. The van der Waals surface area contributed by atoms with E-state index < -0.39 is 0 Å². The van der Waals surface area contributed by atoms with Gasteiger partial charge in [-0.25, -0.2) is 0 Å². The second-order valence-electron chi connectivity index (χ2n) is 6.59. The molecule has 1 heterocycles. The summed E-state index contributed by atoms with van der Waals surface area (Å²) < 4.78 is 5.57. The van der Waals surface area contributed by atoms with E-state index in [1.807, 2.05) is 0 Å². The molecule has 1 N–H and O–H groups in total. The largest absolute Gasteiger partial charge is 0.462 e. The van der Waals surface area contributed by atoms with Crippen molar-refractivity contribution in [3.63, 3.8) is 0 Å². The van der Waals surface area contributed by atoms with Crippen molar-refractivity contribution in [1.29, 1.82) is 0 Å². The number of hydrogen-bond acceptors (Lipinski definition) is 3. The second-order valence-corrected chi connectivity index (χ2v) is 6.59. The summed E-state index contributed by atoms with van der Waals surface area (Å²) in [7, 11) is 0. The van der Waals surface area contributed by atoms with Crippen molar-refractivity contribution in [3.8, 4) is 0 Å². The van der Waals surface area contributed by atoms with Crippen LogP contribution in [0.15, 0.2) is 0 Å². The molecule has 0 bridgehead atoms. The van der Waals surface area contributed by atoms with E-state index in [-0.39, 0.29) is 30.0 Å². The molecule has 1 saturated heterocycles. The number of rotatable bonds is 1. The molecule has 3 fully saturated rings. The zero-order chi connectivity index (χ0) is 12.2. The second kappa shape index (κ2) is 3.71. The lowest BCUT2D eigenvalue weighted by Gasteiger charge is -2.50. The Morgan fingerprint density at radius 1 is 1.41 bits per heavy atom. The van der Waals surface area contributed by atoms with Crippen LogP contribution in [-0.4, -0.2) is 23.8 Å². The summed E-state index contributed by atoms with van der Waals surface area (Å²) in [6.45, 7) is 4.61. The average molecular weight is 238 g/mol.